The van der Waals surface area contributed by atoms with E-state index in [2.05, 4.69) is 33.8 Å². The van der Waals surface area contributed by atoms with E-state index in [0.717, 1.165) is 17.1 Å². The summed E-state index contributed by atoms with van der Waals surface area (Å²) in [5.74, 6) is 8.59. The molecule has 5 aliphatic heterocycles. The summed E-state index contributed by atoms with van der Waals surface area (Å²) in [5.41, 5.74) is 4.21. The fourth-order valence-electron chi connectivity index (χ4n) is 7.62. The van der Waals surface area contributed by atoms with Gasteiger partial charge in [0.25, 0.3) is 0 Å². The van der Waals surface area contributed by atoms with Gasteiger partial charge in [-0.2, -0.15) is 0 Å². The lowest BCUT2D eigenvalue weighted by Crippen LogP contribution is -1.93. The summed E-state index contributed by atoms with van der Waals surface area (Å²) in [6, 6.07) is 40.4. The number of benzene rings is 8. The van der Waals surface area contributed by atoms with Crippen molar-refractivity contribution in [2.75, 3.05) is 34.0 Å². The maximum absolute atomic E-state index is 9.34. The molecule has 0 aliphatic carbocycles. The average Bonchev–Trinajstić information content (AvgIpc) is 2.00. The highest BCUT2D eigenvalue weighted by molar-refractivity contribution is 5.54. The van der Waals surface area contributed by atoms with Gasteiger partial charge in [-0.05, 0) is 131 Å². The molecular weight excluding hydrogens is 1200 g/mol. The summed E-state index contributed by atoms with van der Waals surface area (Å²) in [5, 5.41) is 90.3. The lowest BCUT2D eigenvalue weighted by atomic mass is 10.0. The van der Waals surface area contributed by atoms with Crippen LogP contribution in [0.5, 0.6) is 115 Å². The van der Waals surface area contributed by atoms with Crippen molar-refractivity contribution in [1.29, 1.82) is 0 Å². The Morgan fingerprint density at radius 2 is 0.484 bits per heavy atom. The van der Waals surface area contributed by atoms with Crippen LogP contribution in [0.3, 0.4) is 0 Å². The van der Waals surface area contributed by atoms with Crippen LogP contribution in [0, 0.1) is 0 Å². The van der Waals surface area contributed by atoms with E-state index in [-0.39, 0.29) is 79.1 Å². The predicted octanol–water partition coefficient (Wildman–Crippen LogP) is 17.8. The van der Waals surface area contributed by atoms with Crippen LogP contribution < -0.4 is 47.4 Å². The van der Waals surface area contributed by atoms with Gasteiger partial charge in [0.2, 0.25) is 39.7 Å². The third-order valence-electron chi connectivity index (χ3n) is 12.5. The molecule has 0 spiro atoms. The Labute approximate surface area is 547 Å². The summed E-state index contributed by atoms with van der Waals surface area (Å²) in [6.45, 7) is 33.8. The number of aromatic hydroxyl groups is 10. The fraction of sp³-hybridized carbons (Fsp3) is 0.342. The number of hydrogen-bond donors (Lipinski definition) is 10. The molecule has 8 aromatic carbocycles. The molecule has 8 aromatic rings. The van der Waals surface area contributed by atoms with Gasteiger partial charge in [-0.1, -0.05) is 141 Å². The monoisotopic (exact) mass is 1290 g/mol. The van der Waals surface area contributed by atoms with E-state index in [1.54, 1.807) is 78.9 Å². The van der Waals surface area contributed by atoms with E-state index >= 15 is 0 Å². The molecule has 508 valence electrons. The van der Waals surface area contributed by atoms with Crippen LogP contribution in [-0.4, -0.2) is 85.0 Å². The molecule has 10 N–H and O–H groups in total. The molecule has 0 saturated carbocycles. The second-order valence-electron chi connectivity index (χ2n) is 20.1. The minimum Gasteiger partial charge on any atom is -0.508 e. The molecule has 0 radical (unpaired) electrons. The third-order valence-corrected chi connectivity index (χ3v) is 12.5. The molecule has 0 aromatic heterocycles. The summed E-state index contributed by atoms with van der Waals surface area (Å²) in [4.78, 5) is 0. The van der Waals surface area contributed by atoms with Crippen molar-refractivity contribution in [2.45, 2.75) is 134 Å². The molecule has 20 nitrogen and oxygen atoms in total. The highest BCUT2D eigenvalue weighted by Crippen LogP contribution is 2.41. The van der Waals surface area contributed by atoms with E-state index in [0.29, 0.717) is 81.9 Å². The van der Waals surface area contributed by atoms with Crippen LogP contribution in [0.15, 0.2) is 146 Å². The van der Waals surface area contributed by atoms with Crippen molar-refractivity contribution in [1.82, 2.24) is 0 Å². The second kappa shape index (κ2) is 41.9. The van der Waals surface area contributed by atoms with Crippen LogP contribution in [-0.2, 0) is 0 Å². The zero-order valence-electron chi connectivity index (χ0n) is 56.3. The first kappa shape index (κ1) is 78.9. The molecule has 0 amide bonds. The number of rotatable bonds is 4. The summed E-state index contributed by atoms with van der Waals surface area (Å²) < 4.78 is 50.5. The molecule has 20 heteroatoms. The Kier molecular flexibility index (Phi) is 35.6. The maximum Gasteiger partial charge on any atom is 0.231 e. The summed E-state index contributed by atoms with van der Waals surface area (Å²) in [7, 11) is 0. The van der Waals surface area contributed by atoms with E-state index in [9.17, 15) is 5.11 Å². The number of hydrogen-bond acceptors (Lipinski definition) is 20. The van der Waals surface area contributed by atoms with Crippen molar-refractivity contribution in [3.05, 3.63) is 168 Å². The highest BCUT2D eigenvalue weighted by Gasteiger charge is 2.17. The third kappa shape index (κ3) is 26.3. The normalized spacial score (nSPS) is 11.6. The molecule has 0 atom stereocenters. The van der Waals surface area contributed by atoms with Crippen LogP contribution in [0.2, 0.25) is 0 Å². The van der Waals surface area contributed by atoms with Gasteiger partial charge >= 0.3 is 0 Å². The molecule has 5 heterocycles. The smallest absolute Gasteiger partial charge is 0.231 e. The summed E-state index contributed by atoms with van der Waals surface area (Å²) >= 11 is 0. The summed E-state index contributed by atoms with van der Waals surface area (Å²) in [6.07, 6.45) is 0. The van der Waals surface area contributed by atoms with E-state index in [1.807, 2.05) is 107 Å². The lowest BCUT2D eigenvalue weighted by Gasteiger charge is -2.09. The van der Waals surface area contributed by atoms with Gasteiger partial charge in [-0.3, -0.25) is 0 Å². The number of ether oxygens (including phenoxy) is 10. The Morgan fingerprint density at radius 3 is 0.796 bits per heavy atom. The van der Waals surface area contributed by atoms with Gasteiger partial charge in [0.1, 0.15) is 28.7 Å². The zero-order valence-corrected chi connectivity index (χ0v) is 56.3. The van der Waals surface area contributed by atoms with Crippen LogP contribution in [0.25, 0.3) is 0 Å². The van der Waals surface area contributed by atoms with Crippen molar-refractivity contribution in [2.24, 2.45) is 0 Å². The van der Waals surface area contributed by atoms with Crippen LogP contribution in [0.1, 0.15) is 157 Å². The Bertz CT molecular complexity index is 3200. The van der Waals surface area contributed by atoms with E-state index in [4.69, 9.17) is 93.3 Å². The Hall–Kier alpha value is -10.2. The first-order chi connectivity index (χ1) is 44.6. The van der Waals surface area contributed by atoms with Gasteiger partial charge in [0, 0.05) is 29.8 Å². The molecule has 0 fully saturated rings. The van der Waals surface area contributed by atoms with Gasteiger partial charge in [0.05, 0.1) is 0 Å². The predicted molar refractivity (Wildman–Crippen MR) is 361 cm³/mol. The van der Waals surface area contributed by atoms with Gasteiger partial charge < -0.3 is 98.4 Å². The Morgan fingerprint density at radius 1 is 0.226 bits per heavy atom. The molecule has 93 heavy (non-hydrogen) atoms. The van der Waals surface area contributed by atoms with Crippen molar-refractivity contribution in [3.63, 3.8) is 0 Å². The van der Waals surface area contributed by atoms with Gasteiger partial charge in [0.15, 0.2) is 80.5 Å². The highest BCUT2D eigenvalue weighted by atomic mass is 16.7. The molecule has 0 saturated heterocycles. The van der Waals surface area contributed by atoms with E-state index < -0.39 is 5.75 Å². The first-order valence-corrected chi connectivity index (χ1v) is 30.8. The van der Waals surface area contributed by atoms with Crippen molar-refractivity contribution < 1.29 is 98.4 Å². The minimum absolute atomic E-state index is 0.0452. The largest absolute Gasteiger partial charge is 0.508 e. The van der Waals surface area contributed by atoms with Crippen LogP contribution in [0.4, 0.5) is 0 Å². The van der Waals surface area contributed by atoms with Gasteiger partial charge in [-0.25, -0.2) is 0 Å². The standard InChI is InChI=1S/C10H12O2.C9H12O3.C9H12O2.C9H12O.4C7H6O3.4C2H6/c1-7(2)8-3-4-9-10(5-8)12-6-11-9;1-5(2)6-3-4-7(10)9(12)8(6)11;1-6(2)7-3-4-8(10)9(11)5-7;1-7(2)8-3-5-9(10)6-4-8;4*8-5-1-2-6-7(3-5)10-4-9-6;4*1-2/h3-5,7H,6H2,1-2H3;3-5,10-12H,1-2H3;3-6,10-11H,1-2H3;3-7,10H,1-2H3;4*1-3,8H,4H2;4*1-2H3. The number of fused-ring (bicyclic) bond motifs is 5. The first-order valence-electron chi connectivity index (χ1n) is 30.8. The molecule has 0 bridgehead atoms. The van der Waals surface area contributed by atoms with Crippen molar-refractivity contribution >= 4 is 0 Å². The van der Waals surface area contributed by atoms with E-state index in [1.165, 1.54) is 47.5 Å². The SMILES string of the molecule is CC.CC.CC.CC.CC(C)c1ccc(O)c(O)c1.CC(C)c1ccc(O)c(O)c1O.CC(C)c1ccc(O)cc1.CC(C)c1ccc2c(c1)OCO2.Oc1ccc2c(c1)OCO2.Oc1ccc2c(c1)OCO2.Oc1ccc2c(c1)OCO2.Oc1ccc2c(c1)OCO2. The average molecular weight is 1290 g/mol. The molecule has 0 unspecified atom stereocenters. The number of phenolic OH excluding ortho intramolecular Hbond substituents is 10. The lowest BCUT2D eigenvalue weighted by molar-refractivity contribution is 0.173. The second-order valence-corrected chi connectivity index (χ2v) is 20.1. The molecule has 5 aliphatic rings. The van der Waals surface area contributed by atoms with Crippen molar-refractivity contribution in [3.8, 4) is 115 Å². The molecule has 13 rings (SSSR count). The minimum atomic E-state index is -0.443. The van der Waals surface area contributed by atoms with Crippen LogP contribution >= 0.6 is 0 Å². The fourth-order valence-corrected chi connectivity index (χ4v) is 7.62. The quantitative estimate of drug-likeness (QED) is 0.0733. The Balaban J connectivity index is 0.000000356. The topological polar surface area (TPSA) is 295 Å². The molecular formula is C73H96O20. The number of phenols is 10. The maximum atomic E-state index is 9.34. The van der Waals surface area contributed by atoms with Gasteiger partial charge in [-0.15, -0.1) is 0 Å². The zero-order chi connectivity index (χ0) is 69.7.